The fourth-order valence-electron chi connectivity index (χ4n) is 4.80. The highest BCUT2D eigenvalue weighted by atomic mass is 32.1. The number of benzene rings is 2. The van der Waals surface area contributed by atoms with Crippen LogP contribution in [-0.2, 0) is 23.7 Å². The van der Waals surface area contributed by atoms with Gasteiger partial charge in [0.2, 0.25) is 11.8 Å². The molecule has 0 saturated heterocycles. The number of amidine groups is 1. The van der Waals surface area contributed by atoms with Crippen molar-refractivity contribution in [2.75, 3.05) is 0 Å². The van der Waals surface area contributed by atoms with Gasteiger partial charge < -0.3 is 10.2 Å². The SMILES string of the molecule is CC1(C)CCC(C)(C)c2cc(-c3nnc(CCc4ccc(N=C(N)c5cccs5)cc4)o3)ccc21. The van der Waals surface area contributed by atoms with Crippen molar-refractivity contribution in [2.24, 2.45) is 10.7 Å². The smallest absolute Gasteiger partial charge is 0.247 e. The van der Waals surface area contributed by atoms with Crippen molar-refractivity contribution in [3.05, 3.63) is 87.4 Å². The molecule has 1 aliphatic carbocycles. The number of nitrogens with two attached hydrogens (primary N) is 1. The number of aromatic nitrogens is 2. The highest BCUT2D eigenvalue weighted by Crippen LogP contribution is 2.46. The molecule has 0 saturated carbocycles. The second-order valence-corrected chi connectivity index (χ2v) is 11.6. The summed E-state index contributed by atoms with van der Waals surface area (Å²) in [7, 11) is 0. The summed E-state index contributed by atoms with van der Waals surface area (Å²) < 4.78 is 6.06. The molecule has 0 fully saturated rings. The van der Waals surface area contributed by atoms with Crippen LogP contribution in [-0.4, -0.2) is 16.0 Å². The lowest BCUT2D eigenvalue weighted by atomic mass is 9.63. The fourth-order valence-corrected chi connectivity index (χ4v) is 5.43. The Morgan fingerprint density at radius 2 is 1.69 bits per heavy atom. The summed E-state index contributed by atoms with van der Waals surface area (Å²) in [4.78, 5) is 5.49. The molecule has 5 nitrogen and oxygen atoms in total. The minimum absolute atomic E-state index is 0.147. The van der Waals surface area contributed by atoms with Crippen molar-refractivity contribution in [3.63, 3.8) is 0 Å². The molecule has 0 amide bonds. The first kappa shape index (κ1) is 23.5. The van der Waals surface area contributed by atoms with E-state index < -0.39 is 0 Å². The number of nitrogens with zero attached hydrogens (tertiary/aromatic N) is 3. The van der Waals surface area contributed by atoms with Crippen molar-refractivity contribution in [1.82, 2.24) is 10.2 Å². The maximum absolute atomic E-state index is 6.09. The van der Waals surface area contributed by atoms with Gasteiger partial charge in [0.05, 0.1) is 10.6 Å². The monoisotopic (exact) mass is 484 g/mol. The molecule has 0 spiro atoms. The standard InChI is InChI=1S/C29H32N4OS/c1-28(2)15-16-29(3,4)23-18-20(10-13-22(23)28)27-33-32-25(34-27)14-9-19-7-11-21(12-8-19)31-26(30)24-6-5-17-35-24/h5-8,10-13,17-18H,9,14-16H2,1-4H3,(H2,30,31). The molecule has 0 radical (unpaired) electrons. The number of fused-ring (bicyclic) bond motifs is 1. The lowest BCUT2D eigenvalue weighted by molar-refractivity contribution is 0.332. The molecule has 2 aromatic heterocycles. The van der Waals surface area contributed by atoms with Gasteiger partial charge in [0.15, 0.2) is 0 Å². The first-order valence-corrected chi connectivity index (χ1v) is 13.0. The van der Waals surface area contributed by atoms with Gasteiger partial charge in [0.25, 0.3) is 0 Å². The Morgan fingerprint density at radius 1 is 0.943 bits per heavy atom. The first-order valence-electron chi connectivity index (χ1n) is 12.2. The zero-order chi connectivity index (χ0) is 24.6. The summed E-state index contributed by atoms with van der Waals surface area (Å²) >= 11 is 1.59. The number of hydrogen-bond acceptors (Lipinski definition) is 5. The lowest BCUT2D eigenvalue weighted by Gasteiger charge is -2.41. The zero-order valence-electron chi connectivity index (χ0n) is 20.8. The molecule has 4 aromatic rings. The molecule has 1 aliphatic rings. The van der Waals surface area contributed by atoms with E-state index in [1.807, 2.05) is 29.6 Å². The Hall–Kier alpha value is -3.25. The van der Waals surface area contributed by atoms with Crippen molar-refractivity contribution < 1.29 is 4.42 Å². The van der Waals surface area contributed by atoms with E-state index in [1.165, 1.54) is 29.5 Å². The molecule has 5 rings (SSSR count). The minimum atomic E-state index is 0.147. The third kappa shape index (κ3) is 4.94. The average molecular weight is 485 g/mol. The molecule has 0 atom stereocenters. The maximum Gasteiger partial charge on any atom is 0.247 e. The number of thiophene rings is 1. The van der Waals surface area contributed by atoms with Gasteiger partial charge in [-0.05, 0) is 82.5 Å². The summed E-state index contributed by atoms with van der Waals surface area (Å²) in [6, 6.07) is 18.7. The Balaban J connectivity index is 1.27. The first-order chi connectivity index (χ1) is 16.7. The van der Waals surface area contributed by atoms with Crippen LogP contribution in [0.2, 0.25) is 0 Å². The molecule has 2 N–H and O–H groups in total. The second kappa shape index (κ2) is 9.08. The quantitative estimate of drug-likeness (QED) is 0.237. The van der Waals surface area contributed by atoms with Crippen LogP contribution in [0.15, 0.2) is 69.4 Å². The predicted molar refractivity (Wildman–Crippen MR) is 144 cm³/mol. The van der Waals surface area contributed by atoms with E-state index in [1.54, 1.807) is 11.3 Å². The topological polar surface area (TPSA) is 77.3 Å². The molecule has 6 heteroatoms. The van der Waals surface area contributed by atoms with Crippen molar-refractivity contribution >= 4 is 22.9 Å². The summed E-state index contributed by atoms with van der Waals surface area (Å²) in [6.45, 7) is 9.33. The van der Waals surface area contributed by atoms with Gasteiger partial charge in [-0.3, -0.25) is 0 Å². The van der Waals surface area contributed by atoms with E-state index in [9.17, 15) is 0 Å². The Labute approximate surface area is 211 Å². The largest absolute Gasteiger partial charge is 0.421 e. The third-order valence-corrected chi connectivity index (χ3v) is 8.05. The summed E-state index contributed by atoms with van der Waals surface area (Å²) in [5.41, 5.74) is 12.3. The van der Waals surface area contributed by atoms with E-state index in [0.717, 1.165) is 22.5 Å². The van der Waals surface area contributed by atoms with Crippen LogP contribution >= 0.6 is 11.3 Å². The van der Waals surface area contributed by atoms with Crippen molar-refractivity contribution in [2.45, 2.75) is 64.2 Å². The number of aliphatic imine (C=N–C) groups is 1. The molecule has 180 valence electrons. The number of aryl methyl sites for hydroxylation is 2. The van der Waals surface area contributed by atoms with E-state index in [-0.39, 0.29) is 10.8 Å². The molecule has 0 bridgehead atoms. The average Bonchev–Trinajstić information content (AvgIpc) is 3.54. The molecule has 2 heterocycles. The van der Waals surface area contributed by atoms with E-state index >= 15 is 0 Å². The third-order valence-electron chi connectivity index (χ3n) is 7.15. The molecular weight excluding hydrogens is 452 g/mol. The van der Waals surface area contributed by atoms with Gasteiger partial charge in [0.1, 0.15) is 5.84 Å². The van der Waals surface area contributed by atoms with Gasteiger partial charge >= 0.3 is 0 Å². The van der Waals surface area contributed by atoms with Crippen LogP contribution in [0.3, 0.4) is 0 Å². The van der Waals surface area contributed by atoms with E-state index in [4.69, 9.17) is 10.2 Å². The van der Waals surface area contributed by atoms with E-state index in [2.05, 4.69) is 73.2 Å². The van der Waals surface area contributed by atoms with Crippen LogP contribution < -0.4 is 5.73 Å². The van der Waals surface area contributed by atoms with Crippen LogP contribution in [0, 0.1) is 0 Å². The van der Waals surface area contributed by atoms with Crippen molar-refractivity contribution in [3.8, 4) is 11.5 Å². The van der Waals surface area contributed by atoms with Crippen LogP contribution in [0.4, 0.5) is 5.69 Å². The molecular formula is C29H32N4OS. The second-order valence-electron chi connectivity index (χ2n) is 10.7. The van der Waals surface area contributed by atoms with Gasteiger partial charge in [-0.2, -0.15) is 0 Å². The Kier molecular flexibility index (Phi) is 6.09. The number of rotatable bonds is 6. The predicted octanol–water partition coefficient (Wildman–Crippen LogP) is 6.97. The van der Waals surface area contributed by atoms with Crippen LogP contribution in [0.25, 0.3) is 11.5 Å². The summed E-state index contributed by atoms with van der Waals surface area (Å²) in [6.07, 6.45) is 3.89. The van der Waals surface area contributed by atoms with E-state index in [0.29, 0.717) is 24.0 Å². The molecule has 0 unspecified atom stereocenters. The summed E-state index contributed by atoms with van der Waals surface area (Å²) in [5, 5.41) is 10.7. The summed E-state index contributed by atoms with van der Waals surface area (Å²) in [5.74, 6) is 1.79. The van der Waals surface area contributed by atoms with Gasteiger partial charge in [0, 0.05) is 12.0 Å². The van der Waals surface area contributed by atoms with Gasteiger partial charge in [-0.15, -0.1) is 21.5 Å². The Morgan fingerprint density at radius 3 is 2.40 bits per heavy atom. The lowest BCUT2D eigenvalue weighted by Crippen LogP contribution is -2.33. The highest BCUT2D eigenvalue weighted by molar-refractivity contribution is 7.12. The van der Waals surface area contributed by atoms with Crippen LogP contribution in [0.5, 0.6) is 0 Å². The normalized spacial score (nSPS) is 16.7. The number of hydrogen-bond donors (Lipinski definition) is 1. The molecule has 35 heavy (non-hydrogen) atoms. The van der Waals surface area contributed by atoms with Gasteiger partial charge in [-0.25, -0.2) is 4.99 Å². The minimum Gasteiger partial charge on any atom is -0.421 e. The van der Waals surface area contributed by atoms with Crippen LogP contribution in [0.1, 0.15) is 68.0 Å². The molecule has 2 aromatic carbocycles. The fraction of sp³-hybridized carbons (Fsp3) is 0.345. The highest BCUT2D eigenvalue weighted by Gasteiger charge is 2.37. The van der Waals surface area contributed by atoms with Crippen molar-refractivity contribution in [1.29, 1.82) is 0 Å². The van der Waals surface area contributed by atoms with Gasteiger partial charge in [-0.1, -0.05) is 52.0 Å². The molecule has 0 aliphatic heterocycles. The Bertz CT molecular complexity index is 1350. The zero-order valence-corrected chi connectivity index (χ0v) is 21.7. The maximum atomic E-state index is 6.09.